The molecular formula is C13H13F3N4O. The molecule has 0 saturated carbocycles. The van der Waals surface area contributed by atoms with Crippen LogP contribution in [0.4, 0.5) is 19.1 Å². The Bertz CT molecular complexity index is 689. The minimum Gasteiger partial charge on any atom is -0.345 e. The second-order valence-electron chi connectivity index (χ2n) is 4.54. The molecule has 0 bridgehead atoms. The van der Waals surface area contributed by atoms with Gasteiger partial charge in [-0.3, -0.25) is 4.57 Å². The molecule has 2 rings (SSSR count). The van der Waals surface area contributed by atoms with Crippen LogP contribution in [0.15, 0.2) is 29.3 Å². The molecule has 1 heterocycles. The first-order valence-electron chi connectivity index (χ1n) is 6.11. The van der Waals surface area contributed by atoms with Gasteiger partial charge in [-0.25, -0.2) is 9.78 Å². The molecule has 0 aliphatic carbocycles. The molecule has 5 nitrogen and oxygen atoms in total. The summed E-state index contributed by atoms with van der Waals surface area (Å²) in [5.74, 6) is -0.347. The Labute approximate surface area is 118 Å². The fourth-order valence-corrected chi connectivity index (χ4v) is 1.94. The Morgan fingerprint density at radius 2 is 1.86 bits per heavy atom. The van der Waals surface area contributed by atoms with E-state index in [-0.39, 0.29) is 5.95 Å². The lowest BCUT2D eigenvalue weighted by atomic mass is 10.1. The minimum atomic E-state index is -4.40. The highest BCUT2D eigenvalue weighted by Crippen LogP contribution is 2.17. The molecule has 0 aliphatic rings. The summed E-state index contributed by atoms with van der Waals surface area (Å²) < 4.78 is 37.5. The van der Waals surface area contributed by atoms with Crippen molar-refractivity contribution in [3.63, 3.8) is 0 Å². The number of nitrogens with zero attached hydrogens (tertiary/aromatic N) is 3. The van der Waals surface area contributed by atoms with Crippen molar-refractivity contribution in [2.45, 2.75) is 20.0 Å². The molecule has 1 aromatic heterocycles. The summed E-state index contributed by atoms with van der Waals surface area (Å²) in [6.07, 6.45) is -3.23. The maximum absolute atomic E-state index is 12.1. The molecule has 8 heteroatoms. The maximum Gasteiger partial charge on any atom is 0.405 e. The van der Waals surface area contributed by atoms with E-state index in [1.165, 1.54) is 10.9 Å². The molecule has 1 aromatic carbocycles. The van der Waals surface area contributed by atoms with Gasteiger partial charge in [-0.1, -0.05) is 18.2 Å². The maximum atomic E-state index is 12.1. The highest BCUT2D eigenvalue weighted by Gasteiger charge is 2.27. The van der Waals surface area contributed by atoms with Gasteiger partial charge in [0.15, 0.2) is 0 Å². The number of nitrogens with one attached hydrogen (secondary N) is 1. The summed E-state index contributed by atoms with van der Waals surface area (Å²) in [4.78, 5) is 19.2. The number of hydrogen-bond acceptors (Lipinski definition) is 4. The SMILES string of the molecule is Cc1cccc(C)c1-n1cnc(NCC(F)(F)F)nc1=O. The topological polar surface area (TPSA) is 59.8 Å². The Kier molecular flexibility index (Phi) is 3.97. The van der Waals surface area contributed by atoms with Gasteiger partial charge >= 0.3 is 11.9 Å². The lowest BCUT2D eigenvalue weighted by Gasteiger charge is -2.12. The van der Waals surface area contributed by atoms with Gasteiger partial charge in [-0.05, 0) is 25.0 Å². The van der Waals surface area contributed by atoms with Crippen molar-refractivity contribution in [2.75, 3.05) is 11.9 Å². The van der Waals surface area contributed by atoms with Gasteiger partial charge in [0.2, 0.25) is 5.95 Å². The summed E-state index contributed by atoms with van der Waals surface area (Å²) in [5.41, 5.74) is 1.63. The van der Waals surface area contributed by atoms with Crippen LogP contribution >= 0.6 is 0 Å². The molecule has 0 atom stereocenters. The fourth-order valence-electron chi connectivity index (χ4n) is 1.94. The zero-order chi connectivity index (χ0) is 15.6. The molecular weight excluding hydrogens is 285 g/mol. The molecule has 0 aliphatic heterocycles. The number of halogens is 3. The number of benzene rings is 1. The molecule has 112 valence electrons. The second-order valence-corrected chi connectivity index (χ2v) is 4.54. The number of anilines is 1. The zero-order valence-electron chi connectivity index (χ0n) is 11.4. The van der Waals surface area contributed by atoms with Gasteiger partial charge in [0.25, 0.3) is 0 Å². The van der Waals surface area contributed by atoms with Gasteiger partial charge in [0.05, 0.1) is 5.69 Å². The predicted octanol–water partition coefficient (Wildman–Crippen LogP) is 2.22. The first-order chi connectivity index (χ1) is 9.78. The third-order valence-corrected chi connectivity index (χ3v) is 2.83. The van der Waals surface area contributed by atoms with Crippen LogP contribution in [0.3, 0.4) is 0 Å². The monoisotopic (exact) mass is 298 g/mol. The summed E-state index contributed by atoms with van der Waals surface area (Å²) in [6, 6.07) is 5.49. The second kappa shape index (κ2) is 5.55. The molecule has 0 radical (unpaired) electrons. The summed E-state index contributed by atoms with van der Waals surface area (Å²) in [7, 11) is 0. The van der Waals surface area contributed by atoms with Crippen LogP contribution < -0.4 is 11.0 Å². The largest absolute Gasteiger partial charge is 0.405 e. The first kappa shape index (κ1) is 15.0. The van der Waals surface area contributed by atoms with Crippen LogP contribution in [0.1, 0.15) is 11.1 Å². The van der Waals surface area contributed by atoms with Gasteiger partial charge in [0.1, 0.15) is 12.9 Å². The molecule has 0 saturated heterocycles. The normalized spacial score (nSPS) is 11.5. The smallest absolute Gasteiger partial charge is 0.345 e. The summed E-state index contributed by atoms with van der Waals surface area (Å²) >= 11 is 0. The Balaban J connectivity index is 2.34. The minimum absolute atomic E-state index is 0.347. The number of aryl methyl sites for hydroxylation is 2. The quantitative estimate of drug-likeness (QED) is 0.944. The Hall–Kier alpha value is -2.38. The van der Waals surface area contributed by atoms with E-state index in [2.05, 4.69) is 9.97 Å². The van der Waals surface area contributed by atoms with E-state index in [1.807, 2.05) is 37.4 Å². The van der Waals surface area contributed by atoms with Gasteiger partial charge in [-0.2, -0.15) is 18.2 Å². The van der Waals surface area contributed by atoms with Gasteiger partial charge < -0.3 is 5.32 Å². The number of rotatable bonds is 3. The van der Waals surface area contributed by atoms with Crippen LogP contribution in [0.5, 0.6) is 0 Å². The number of aromatic nitrogens is 3. The predicted molar refractivity (Wildman–Crippen MR) is 71.6 cm³/mol. The van der Waals surface area contributed by atoms with E-state index in [0.717, 1.165) is 11.1 Å². The van der Waals surface area contributed by atoms with Crippen LogP contribution in [0.25, 0.3) is 5.69 Å². The molecule has 0 spiro atoms. The van der Waals surface area contributed by atoms with Crippen molar-refractivity contribution < 1.29 is 13.2 Å². The molecule has 0 amide bonds. The first-order valence-corrected chi connectivity index (χ1v) is 6.11. The summed E-state index contributed by atoms with van der Waals surface area (Å²) in [5, 5.41) is 1.97. The zero-order valence-corrected chi connectivity index (χ0v) is 11.4. The Morgan fingerprint density at radius 3 is 2.38 bits per heavy atom. The van der Waals surface area contributed by atoms with E-state index in [1.54, 1.807) is 0 Å². The van der Waals surface area contributed by atoms with Crippen LogP contribution in [-0.2, 0) is 0 Å². The number of alkyl halides is 3. The standard InChI is InChI=1S/C13H13F3N4O/c1-8-4-3-5-9(2)10(8)20-7-18-11(19-12(20)21)17-6-13(14,15)16/h3-5,7H,6H2,1-2H3,(H,17,19,21). The van der Waals surface area contributed by atoms with Crippen LogP contribution in [0.2, 0.25) is 0 Å². The summed E-state index contributed by atoms with van der Waals surface area (Å²) in [6.45, 7) is 2.36. The van der Waals surface area contributed by atoms with Crippen molar-refractivity contribution in [3.8, 4) is 5.69 Å². The lowest BCUT2D eigenvalue weighted by Crippen LogP contribution is -2.27. The van der Waals surface area contributed by atoms with Gasteiger partial charge in [0, 0.05) is 0 Å². The highest BCUT2D eigenvalue weighted by atomic mass is 19.4. The van der Waals surface area contributed by atoms with Crippen molar-refractivity contribution >= 4 is 5.95 Å². The van der Waals surface area contributed by atoms with Crippen molar-refractivity contribution in [1.82, 2.24) is 14.5 Å². The average molecular weight is 298 g/mol. The third kappa shape index (κ3) is 3.59. The fraction of sp³-hybridized carbons (Fsp3) is 0.308. The molecule has 2 aromatic rings. The molecule has 21 heavy (non-hydrogen) atoms. The molecule has 0 fully saturated rings. The van der Waals surface area contributed by atoms with Crippen LogP contribution in [-0.4, -0.2) is 27.3 Å². The van der Waals surface area contributed by atoms with Gasteiger partial charge in [-0.15, -0.1) is 0 Å². The lowest BCUT2D eigenvalue weighted by molar-refractivity contribution is -0.115. The van der Waals surface area contributed by atoms with E-state index < -0.39 is 18.4 Å². The van der Waals surface area contributed by atoms with Crippen molar-refractivity contribution in [3.05, 3.63) is 46.1 Å². The average Bonchev–Trinajstić information content (AvgIpc) is 2.37. The number of para-hydroxylation sites is 1. The van der Waals surface area contributed by atoms with E-state index in [0.29, 0.717) is 5.69 Å². The van der Waals surface area contributed by atoms with E-state index in [9.17, 15) is 18.0 Å². The van der Waals surface area contributed by atoms with Crippen molar-refractivity contribution in [2.24, 2.45) is 0 Å². The van der Waals surface area contributed by atoms with E-state index >= 15 is 0 Å². The molecule has 0 unspecified atom stereocenters. The molecule has 1 N–H and O–H groups in total. The van der Waals surface area contributed by atoms with Crippen LogP contribution in [0, 0.1) is 13.8 Å². The van der Waals surface area contributed by atoms with E-state index in [4.69, 9.17) is 0 Å². The van der Waals surface area contributed by atoms with Crippen molar-refractivity contribution in [1.29, 1.82) is 0 Å². The number of hydrogen-bond donors (Lipinski definition) is 1. The third-order valence-electron chi connectivity index (χ3n) is 2.83. The highest BCUT2D eigenvalue weighted by molar-refractivity contribution is 5.46. The Morgan fingerprint density at radius 1 is 1.24 bits per heavy atom.